The quantitative estimate of drug-likeness (QED) is 0.539. The van der Waals surface area contributed by atoms with E-state index in [1.807, 2.05) is 0 Å². The number of nitrogens with zero attached hydrogens (tertiary/aromatic N) is 1. The minimum Gasteiger partial charge on any atom is -0.456 e. The first-order chi connectivity index (χ1) is 6.97. The molecule has 4 nitrogen and oxygen atoms in total. The van der Waals surface area contributed by atoms with Crippen molar-refractivity contribution in [3.63, 3.8) is 0 Å². The third-order valence-electron chi connectivity index (χ3n) is 1.73. The van der Waals surface area contributed by atoms with E-state index in [4.69, 9.17) is 11.6 Å². The van der Waals surface area contributed by atoms with Gasteiger partial charge in [0.05, 0.1) is 0 Å². The Morgan fingerprint density at radius 1 is 1.13 bits per heavy atom. The molecule has 0 aliphatic heterocycles. The molecule has 0 fully saturated rings. The van der Waals surface area contributed by atoms with E-state index in [9.17, 15) is 9.59 Å². The number of ether oxygens (including phenoxy) is 1. The first kappa shape index (κ1) is 16.8. The van der Waals surface area contributed by atoms with Gasteiger partial charge in [-0.1, -0.05) is 20.8 Å². The molecule has 0 unspecified atom stereocenters. The van der Waals surface area contributed by atoms with Gasteiger partial charge in [0, 0.05) is 6.92 Å². The van der Waals surface area contributed by atoms with Gasteiger partial charge in [-0.05, 0) is 31.2 Å². The maximum absolute atomic E-state index is 9.92. The molecule has 0 radical (unpaired) electrons. The molecule has 15 heavy (non-hydrogen) atoms. The van der Waals surface area contributed by atoms with Crippen LogP contribution in [-0.4, -0.2) is 42.4 Å². The summed E-state index contributed by atoms with van der Waals surface area (Å²) in [7, 11) is 0. The highest BCUT2D eigenvalue weighted by atomic mass is 35.5. The Morgan fingerprint density at radius 3 is 1.60 bits per heavy atom. The molecule has 0 aromatic rings. The van der Waals surface area contributed by atoms with E-state index in [0.717, 1.165) is 0 Å². The molecule has 0 aromatic carbocycles. The van der Waals surface area contributed by atoms with Crippen LogP contribution in [-0.2, 0) is 14.3 Å². The van der Waals surface area contributed by atoms with Gasteiger partial charge in [0.25, 0.3) is 5.24 Å². The molecule has 0 heterocycles. The second kappa shape index (κ2) is 11.5. The van der Waals surface area contributed by atoms with Crippen molar-refractivity contribution < 1.29 is 14.3 Å². The zero-order valence-electron chi connectivity index (χ0n) is 9.88. The number of carbonyl (C=O) groups is 2. The van der Waals surface area contributed by atoms with E-state index in [1.54, 1.807) is 0 Å². The minimum absolute atomic E-state index is 0.336. The van der Waals surface area contributed by atoms with Crippen molar-refractivity contribution in [1.29, 1.82) is 0 Å². The van der Waals surface area contributed by atoms with Crippen LogP contribution in [0.4, 0.5) is 0 Å². The summed E-state index contributed by atoms with van der Waals surface area (Å²) < 4.78 is 4.18. The lowest BCUT2D eigenvalue weighted by atomic mass is 10.5. The molecule has 0 atom stereocenters. The predicted octanol–water partition coefficient (Wildman–Crippen LogP) is 1.66. The maximum Gasteiger partial charge on any atom is 0.303 e. The van der Waals surface area contributed by atoms with Crippen molar-refractivity contribution in [3.8, 4) is 0 Å². The number of rotatable bonds is 5. The molecule has 0 saturated carbocycles. The van der Waals surface area contributed by atoms with E-state index in [-0.39, 0.29) is 6.61 Å². The maximum atomic E-state index is 9.92. The second-order valence-corrected chi connectivity index (χ2v) is 3.18. The monoisotopic (exact) mass is 237 g/mol. The van der Waals surface area contributed by atoms with Crippen LogP contribution in [0.25, 0.3) is 0 Å². The van der Waals surface area contributed by atoms with Crippen LogP contribution in [0.15, 0.2) is 0 Å². The lowest BCUT2D eigenvalue weighted by molar-refractivity contribution is -0.143. The number of hydrogen-bond donors (Lipinski definition) is 0. The summed E-state index contributed by atoms with van der Waals surface area (Å²) in [5.41, 5.74) is 0. The van der Waals surface area contributed by atoms with E-state index < -0.39 is 11.2 Å². The Bertz CT molecular complexity index is 162. The number of carbonyl (C=O) groups excluding carboxylic acids is 2. The van der Waals surface area contributed by atoms with Crippen molar-refractivity contribution in [2.75, 3.05) is 26.2 Å². The summed E-state index contributed by atoms with van der Waals surface area (Å²) >= 11 is 4.81. The Morgan fingerprint density at radius 2 is 1.53 bits per heavy atom. The molecule has 0 spiro atoms. The standard InChI is InChI=1S/C6H15N.C4H5ClO3/c1-4-7(5-2)6-3;1-3(6)8-2-4(5)7/h4-6H2,1-3H3;2H2,1H3. The molecule has 0 aliphatic carbocycles. The largest absolute Gasteiger partial charge is 0.456 e. The molecule has 0 aliphatic rings. The fourth-order valence-corrected chi connectivity index (χ4v) is 0.884. The average molecular weight is 238 g/mol. The summed E-state index contributed by atoms with van der Waals surface area (Å²) in [6.07, 6.45) is 0. The van der Waals surface area contributed by atoms with Crippen LogP contribution in [0.1, 0.15) is 27.7 Å². The molecular formula is C10H20ClNO3. The topological polar surface area (TPSA) is 46.6 Å². The molecule has 0 amide bonds. The van der Waals surface area contributed by atoms with Gasteiger partial charge in [-0.25, -0.2) is 0 Å². The van der Waals surface area contributed by atoms with Crippen LogP contribution in [0, 0.1) is 0 Å². The first-order valence-corrected chi connectivity index (χ1v) is 5.39. The van der Waals surface area contributed by atoms with Crippen molar-refractivity contribution in [2.24, 2.45) is 0 Å². The highest BCUT2D eigenvalue weighted by molar-refractivity contribution is 6.64. The zero-order valence-corrected chi connectivity index (χ0v) is 10.6. The summed E-state index contributed by atoms with van der Waals surface area (Å²) in [5, 5.41) is -0.666. The van der Waals surface area contributed by atoms with Gasteiger partial charge in [0.1, 0.15) is 0 Å². The average Bonchev–Trinajstić information content (AvgIpc) is 2.18. The fraction of sp³-hybridized carbons (Fsp3) is 0.800. The Balaban J connectivity index is 0. The third kappa shape index (κ3) is 16.1. The van der Waals surface area contributed by atoms with Crippen LogP contribution >= 0.6 is 11.6 Å². The molecule has 0 aromatic heterocycles. The van der Waals surface area contributed by atoms with Gasteiger partial charge < -0.3 is 9.64 Å². The smallest absolute Gasteiger partial charge is 0.303 e. The Kier molecular flexibility index (Phi) is 12.8. The zero-order chi connectivity index (χ0) is 12.3. The van der Waals surface area contributed by atoms with Gasteiger partial charge >= 0.3 is 5.97 Å². The molecular weight excluding hydrogens is 218 g/mol. The van der Waals surface area contributed by atoms with Gasteiger partial charge in [-0.15, -0.1) is 0 Å². The van der Waals surface area contributed by atoms with Crippen LogP contribution in [0.3, 0.4) is 0 Å². The normalized spacial score (nSPS) is 9.20. The molecule has 0 rings (SSSR count). The van der Waals surface area contributed by atoms with Crippen LogP contribution < -0.4 is 0 Å². The molecule has 0 N–H and O–H groups in total. The summed E-state index contributed by atoms with van der Waals surface area (Å²) in [6, 6.07) is 0. The van der Waals surface area contributed by atoms with Gasteiger partial charge in [-0.2, -0.15) is 0 Å². The summed E-state index contributed by atoms with van der Waals surface area (Å²) in [4.78, 5) is 22.1. The third-order valence-corrected chi connectivity index (χ3v) is 1.84. The highest BCUT2D eigenvalue weighted by Gasteiger charge is 1.96. The summed E-state index contributed by atoms with van der Waals surface area (Å²) in [6.45, 7) is 11.0. The van der Waals surface area contributed by atoms with E-state index in [1.165, 1.54) is 26.6 Å². The van der Waals surface area contributed by atoms with E-state index in [2.05, 4.69) is 30.4 Å². The predicted molar refractivity (Wildman–Crippen MR) is 61.0 cm³/mol. The number of esters is 1. The highest BCUT2D eigenvalue weighted by Crippen LogP contribution is 1.82. The fourth-order valence-electron chi connectivity index (χ4n) is 0.829. The van der Waals surface area contributed by atoms with Crippen molar-refractivity contribution in [3.05, 3.63) is 0 Å². The van der Waals surface area contributed by atoms with Crippen LogP contribution in [0.5, 0.6) is 0 Å². The SMILES string of the molecule is CC(=O)OCC(=O)Cl.CCN(CC)CC. The first-order valence-electron chi connectivity index (χ1n) is 5.01. The number of hydrogen-bond acceptors (Lipinski definition) is 4. The second-order valence-electron chi connectivity index (χ2n) is 2.75. The Labute approximate surface area is 96.5 Å². The van der Waals surface area contributed by atoms with E-state index in [0.29, 0.717) is 0 Å². The van der Waals surface area contributed by atoms with E-state index >= 15 is 0 Å². The minimum atomic E-state index is -0.666. The molecule has 0 saturated heterocycles. The van der Waals surface area contributed by atoms with Gasteiger partial charge in [0.2, 0.25) is 0 Å². The van der Waals surface area contributed by atoms with Crippen molar-refractivity contribution in [1.82, 2.24) is 4.90 Å². The van der Waals surface area contributed by atoms with Crippen molar-refractivity contribution >= 4 is 22.8 Å². The van der Waals surface area contributed by atoms with Gasteiger partial charge in [-0.3, -0.25) is 9.59 Å². The lowest BCUT2D eigenvalue weighted by Gasteiger charge is -2.13. The molecule has 0 bridgehead atoms. The molecule has 5 heteroatoms. The lowest BCUT2D eigenvalue weighted by Crippen LogP contribution is -2.21. The number of halogens is 1. The van der Waals surface area contributed by atoms with Crippen molar-refractivity contribution in [2.45, 2.75) is 27.7 Å². The van der Waals surface area contributed by atoms with Gasteiger partial charge in [0.15, 0.2) is 6.61 Å². The molecule has 90 valence electrons. The Hall–Kier alpha value is -0.610. The van der Waals surface area contributed by atoms with Crippen LogP contribution in [0.2, 0.25) is 0 Å². The summed E-state index contributed by atoms with van der Waals surface area (Å²) in [5.74, 6) is -0.501.